The predicted molar refractivity (Wildman–Crippen MR) is 87.4 cm³/mol. The van der Waals surface area contributed by atoms with Crippen LogP contribution >= 0.6 is 0 Å². The quantitative estimate of drug-likeness (QED) is 0.911. The van der Waals surface area contributed by atoms with Gasteiger partial charge < -0.3 is 5.32 Å². The molecule has 8 heteroatoms. The van der Waals surface area contributed by atoms with Crippen molar-refractivity contribution in [1.82, 2.24) is 15.1 Å². The van der Waals surface area contributed by atoms with E-state index in [-0.39, 0.29) is 23.2 Å². The Kier molecular flexibility index (Phi) is 3.95. The molecule has 1 saturated heterocycles. The fraction of sp³-hybridized carbons (Fsp3) is 0.375. The van der Waals surface area contributed by atoms with Crippen LogP contribution in [0.4, 0.5) is 4.39 Å². The van der Waals surface area contributed by atoms with Crippen molar-refractivity contribution in [3.63, 3.8) is 0 Å². The van der Waals surface area contributed by atoms with E-state index in [0.717, 1.165) is 0 Å². The van der Waals surface area contributed by atoms with E-state index >= 15 is 0 Å². The summed E-state index contributed by atoms with van der Waals surface area (Å²) >= 11 is 0. The molecule has 2 heterocycles. The van der Waals surface area contributed by atoms with Crippen LogP contribution in [0.1, 0.15) is 29.4 Å². The van der Waals surface area contributed by atoms with Gasteiger partial charge in [-0.1, -0.05) is 0 Å². The fourth-order valence-electron chi connectivity index (χ4n) is 2.93. The summed E-state index contributed by atoms with van der Waals surface area (Å²) in [6, 6.07) is 5.78. The topological polar surface area (TPSA) is 81.1 Å². The van der Waals surface area contributed by atoms with Gasteiger partial charge in [0.1, 0.15) is 5.82 Å². The Hall–Kier alpha value is -2.22. The first-order chi connectivity index (χ1) is 11.2. The zero-order valence-corrected chi connectivity index (χ0v) is 14.2. The largest absolute Gasteiger partial charge is 0.346 e. The molecular formula is C16H18FN3O3S. The van der Waals surface area contributed by atoms with Crippen LogP contribution in [0, 0.1) is 12.7 Å². The molecule has 0 saturated carbocycles. The molecule has 0 spiro atoms. The molecule has 1 aromatic heterocycles. The highest BCUT2D eigenvalue weighted by Crippen LogP contribution is 2.24. The molecule has 1 aliphatic rings. The van der Waals surface area contributed by atoms with Gasteiger partial charge in [-0.2, -0.15) is 5.10 Å². The molecule has 0 aliphatic carbocycles. The number of rotatable bonds is 3. The first-order valence-corrected chi connectivity index (χ1v) is 9.35. The Bertz CT molecular complexity index is 890. The van der Waals surface area contributed by atoms with Crippen LogP contribution in [0.5, 0.6) is 0 Å². The van der Waals surface area contributed by atoms with Crippen LogP contribution in [0.15, 0.2) is 30.5 Å². The van der Waals surface area contributed by atoms with Crippen molar-refractivity contribution in [2.24, 2.45) is 0 Å². The molecule has 0 bridgehead atoms. The number of halogens is 1. The summed E-state index contributed by atoms with van der Waals surface area (Å²) in [6.07, 6.45) is 1.83. The summed E-state index contributed by atoms with van der Waals surface area (Å²) in [5, 5.41) is 6.99. The molecule has 1 amide bonds. The van der Waals surface area contributed by atoms with Crippen LogP contribution in [-0.2, 0) is 9.84 Å². The monoisotopic (exact) mass is 351 g/mol. The van der Waals surface area contributed by atoms with Crippen molar-refractivity contribution in [2.45, 2.75) is 25.8 Å². The minimum Gasteiger partial charge on any atom is -0.346 e. The van der Waals surface area contributed by atoms with Gasteiger partial charge in [0.2, 0.25) is 0 Å². The average molecular weight is 351 g/mol. The first-order valence-electron chi connectivity index (χ1n) is 7.53. The molecule has 1 fully saturated rings. The molecular weight excluding hydrogens is 333 g/mol. The van der Waals surface area contributed by atoms with Crippen LogP contribution in [0.2, 0.25) is 0 Å². The Balaban J connectivity index is 1.83. The highest BCUT2D eigenvalue weighted by atomic mass is 32.2. The van der Waals surface area contributed by atoms with Crippen LogP contribution in [-0.4, -0.2) is 41.2 Å². The summed E-state index contributed by atoms with van der Waals surface area (Å²) in [5.41, 5.74) is 0.844. The van der Waals surface area contributed by atoms with E-state index in [1.807, 2.05) is 0 Å². The number of hydrogen-bond acceptors (Lipinski definition) is 4. The zero-order chi connectivity index (χ0) is 17.5. The molecule has 1 unspecified atom stereocenters. The van der Waals surface area contributed by atoms with Crippen LogP contribution < -0.4 is 5.32 Å². The number of benzene rings is 1. The lowest BCUT2D eigenvalue weighted by Crippen LogP contribution is -2.47. The maximum Gasteiger partial charge on any atom is 0.255 e. The number of nitrogens with one attached hydrogen (secondary N) is 1. The highest BCUT2D eigenvalue weighted by Gasteiger charge is 2.39. The van der Waals surface area contributed by atoms with E-state index in [1.54, 1.807) is 30.7 Å². The average Bonchev–Trinajstić information content (AvgIpc) is 3.00. The van der Waals surface area contributed by atoms with E-state index in [4.69, 9.17) is 0 Å². The summed E-state index contributed by atoms with van der Waals surface area (Å²) in [4.78, 5) is 12.5. The first kappa shape index (κ1) is 16.6. The third-order valence-corrected chi connectivity index (χ3v) is 6.15. The normalized spacial score (nSPS) is 22.5. The lowest BCUT2D eigenvalue weighted by molar-refractivity contribution is 0.0914. The number of nitrogens with zero attached hydrogens (tertiary/aromatic N) is 2. The van der Waals surface area contributed by atoms with Gasteiger partial charge in [0, 0.05) is 0 Å². The minimum absolute atomic E-state index is 0.0586. The number of carbonyl (C=O) groups is 1. The van der Waals surface area contributed by atoms with E-state index in [1.165, 1.54) is 18.3 Å². The number of carbonyl (C=O) groups excluding carboxylic acids is 1. The maximum absolute atomic E-state index is 13.0. The summed E-state index contributed by atoms with van der Waals surface area (Å²) < 4.78 is 37.9. The summed E-state index contributed by atoms with van der Waals surface area (Å²) in [6.45, 7) is 3.47. The second kappa shape index (κ2) is 5.70. The zero-order valence-electron chi connectivity index (χ0n) is 13.4. The van der Waals surface area contributed by atoms with Gasteiger partial charge in [-0.15, -0.1) is 0 Å². The number of sulfone groups is 1. The molecule has 2 aromatic rings. The SMILES string of the molecule is Cc1c(C(=O)NC2(C)CCS(=O)(=O)C2)cnn1-c1ccc(F)cc1. The number of hydrogen-bond donors (Lipinski definition) is 1. The standard InChI is InChI=1S/C16H18FN3O3S/c1-11-14(9-18-20(11)13-5-3-12(17)4-6-13)15(21)19-16(2)7-8-24(22,23)10-16/h3-6,9H,7-8,10H2,1-2H3,(H,19,21). The van der Waals surface area contributed by atoms with Gasteiger partial charge in [-0.25, -0.2) is 17.5 Å². The van der Waals surface area contributed by atoms with E-state index in [0.29, 0.717) is 23.4 Å². The van der Waals surface area contributed by atoms with Gasteiger partial charge in [-0.3, -0.25) is 4.79 Å². The maximum atomic E-state index is 13.0. The second-order valence-corrected chi connectivity index (χ2v) is 8.57. The third kappa shape index (κ3) is 3.19. The molecule has 1 N–H and O–H groups in total. The highest BCUT2D eigenvalue weighted by molar-refractivity contribution is 7.91. The van der Waals surface area contributed by atoms with Crippen molar-refractivity contribution >= 4 is 15.7 Å². The minimum atomic E-state index is -3.10. The molecule has 0 radical (unpaired) electrons. The number of amides is 1. The van der Waals surface area contributed by atoms with Crippen LogP contribution in [0.3, 0.4) is 0 Å². The van der Waals surface area contributed by atoms with E-state index < -0.39 is 15.4 Å². The smallest absolute Gasteiger partial charge is 0.255 e. The molecule has 1 atom stereocenters. The van der Waals surface area contributed by atoms with Crippen molar-refractivity contribution in [2.75, 3.05) is 11.5 Å². The molecule has 3 rings (SSSR count). The van der Waals surface area contributed by atoms with Gasteiger partial charge in [0.15, 0.2) is 9.84 Å². The molecule has 24 heavy (non-hydrogen) atoms. The van der Waals surface area contributed by atoms with E-state index in [2.05, 4.69) is 10.4 Å². The predicted octanol–water partition coefficient (Wildman–Crippen LogP) is 1.63. The van der Waals surface area contributed by atoms with Crippen molar-refractivity contribution < 1.29 is 17.6 Å². The fourth-order valence-corrected chi connectivity index (χ4v) is 5.02. The van der Waals surface area contributed by atoms with Crippen LogP contribution in [0.25, 0.3) is 5.69 Å². The molecule has 6 nitrogen and oxygen atoms in total. The lowest BCUT2D eigenvalue weighted by Gasteiger charge is -2.23. The Morgan fingerprint density at radius 3 is 2.58 bits per heavy atom. The molecule has 1 aromatic carbocycles. The summed E-state index contributed by atoms with van der Waals surface area (Å²) in [7, 11) is -3.10. The summed E-state index contributed by atoms with van der Waals surface area (Å²) in [5.74, 6) is -0.688. The lowest BCUT2D eigenvalue weighted by atomic mass is 10.0. The van der Waals surface area contributed by atoms with Gasteiger partial charge in [0.25, 0.3) is 5.91 Å². The second-order valence-electron chi connectivity index (χ2n) is 6.39. The molecule has 1 aliphatic heterocycles. The van der Waals surface area contributed by atoms with Gasteiger partial charge in [0.05, 0.1) is 40.2 Å². The van der Waals surface area contributed by atoms with Crippen molar-refractivity contribution in [1.29, 1.82) is 0 Å². The third-order valence-electron chi connectivity index (χ3n) is 4.24. The van der Waals surface area contributed by atoms with Gasteiger partial charge in [-0.05, 0) is 44.5 Å². The Morgan fingerprint density at radius 2 is 2.00 bits per heavy atom. The van der Waals surface area contributed by atoms with Crippen molar-refractivity contribution in [3.8, 4) is 5.69 Å². The Morgan fingerprint density at radius 1 is 1.33 bits per heavy atom. The number of aromatic nitrogens is 2. The van der Waals surface area contributed by atoms with Crippen molar-refractivity contribution in [3.05, 3.63) is 47.5 Å². The Labute approximate surface area is 139 Å². The molecule has 128 valence electrons. The van der Waals surface area contributed by atoms with E-state index in [9.17, 15) is 17.6 Å². The van der Waals surface area contributed by atoms with Gasteiger partial charge >= 0.3 is 0 Å².